The fourth-order valence-corrected chi connectivity index (χ4v) is 5.94. The van der Waals surface area contributed by atoms with Gasteiger partial charge in [-0.05, 0) is 72.7 Å². The molecule has 6 rings (SSSR count). The van der Waals surface area contributed by atoms with E-state index in [9.17, 15) is 0 Å². The molecule has 9 heteroatoms. The van der Waals surface area contributed by atoms with Gasteiger partial charge >= 0.3 is 0 Å². The van der Waals surface area contributed by atoms with Gasteiger partial charge in [-0.15, -0.1) is 0 Å². The molecule has 3 aromatic heterocycles. The van der Waals surface area contributed by atoms with Gasteiger partial charge in [0.1, 0.15) is 23.1 Å². The molecular weight excluding hydrogens is 503 g/mol. The molecule has 0 saturated carbocycles. The Morgan fingerprint density at radius 3 is 2.62 bits per heavy atom. The highest BCUT2D eigenvalue weighted by Gasteiger charge is 2.36. The third kappa shape index (κ3) is 4.96. The van der Waals surface area contributed by atoms with Gasteiger partial charge < -0.3 is 10.5 Å². The Morgan fingerprint density at radius 1 is 1.10 bits per heavy atom. The van der Waals surface area contributed by atoms with E-state index in [1.807, 2.05) is 12.3 Å². The summed E-state index contributed by atoms with van der Waals surface area (Å²) in [6.45, 7) is 2.53. The van der Waals surface area contributed by atoms with Crippen molar-refractivity contribution in [2.24, 2.45) is 5.73 Å². The van der Waals surface area contributed by atoms with Gasteiger partial charge in [-0.25, -0.2) is 22.7 Å². The predicted molar refractivity (Wildman–Crippen MR) is 142 cm³/mol. The minimum absolute atomic E-state index is 0.00873. The zero-order valence-electron chi connectivity index (χ0n) is 21.7. The van der Waals surface area contributed by atoms with Crippen LogP contribution in [0.25, 0.3) is 16.8 Å². The number of pyridine rings is 1. The molecule has 1 fully saturated rings. The average Bonchev–Trinajstić information content (AvgIpc) is 3.30. The van der Waals surface area contributed by atoms with Gasteiger partial charge in [-0.3, -0.25) is 4.98 Å². The summed E-state index contributed by atoms with van der Waals surface area (Å²) < 4.78 is 52.8. The number of benzene rings is 1. The molecule has 2 N–H and O–H groups in total. The predicted octanol–water partition coefficient (Wildman–Crippen LogP) is 5.79. The van der Waals surface area contributed by atoms with E-state index in [0.29, 0.717) is 17.8 Å². The van der Waals surface area contributed by atoms with Crippen molar-refractivity contribution < 1.29 is 17.9 Å². The van der Waals surface area contributed by atoms with Crippen molar-refractivity contribution in [3.05, 3.63) is 94.7 Å². The smallest absolute Gasteiger partial charge is 0.140 e. The lowest BCUT2D eigenvalue weighted by Gasteiger charge is -2.30. The zero-order valence-corrected chi connectivity index (χ0v) is 21.7. The molecule has 0 bridgehead atoms. The molecule has 2 aliphatic rings. The van der Waals surface area contributed by atoms with E-state index in [-0.39, 0.29) is 54.8 Å². The Labute approximate surface area is 224 Å². The molecule has 1 aromatic carbocycles. The molecule has 1 saturated heterocycles. The first-order valence-corrected chi connectivity index (χ1v) is 13.3. The van der Waals surface area contributed by atoms with E-state index >= 15 is 13.2 Å². The lowest BCUT2D eigenvalue weighted by atomic mass is 9.80. The van der Waals surface area contributed by atoms with Crippen molar-refractivity contribution in [1.29, 1.82) is 0 Å². The summed E-state index contributed by atoms with van der Waals surface area (Å²) in [5.74, 6) is -0.813. The molecule has 0 amide bonds. The minimum atomic E-state index is -1.81. The van der Waals surface area contributed by atoms with Gasteiger partial charge in [-0.2, -0.15) is 5.10 Å². The maximum atomic E-state index is 15.4. The second-order valence-electron chi connectivity index (χ2n) is 10.7. The number of halogens is 3. The Hall–Kier alpha value is -3.56. The number of fused-ring (bicyclic) bond motifs is 1. The maximum Gasteiger partial charge on any atom is 0.140 e. The van der Waals surface area contributed by atoms with Gasteiger partial charge in [-0.1, -0.05) is 11.6 Å². The van der Waals surface area contributed by atoms with Crippen LogP contribution in [0.1, 0.15) is 61.0 Å². The number of nitrogens with zero attached hydrogens (tertiary/aromatic N) is 4. The molecule has 2 atom stereocenters. The Morgan fingerprint density at radius 2 is 1.87 bits per heavy atom. The first-order valence-electron chi connectivity index (χ1n) is 13.3. The number of nitrogens with two attached hydrogens (primary N) is 1. The molecule has 0 radical (unpaired) electrons. The molecule has 4 heterocycles. The highest BCUT2D eigenvalue weighted by Crippen LogP contribution is 2.39. The number of imidazole rings is 1. The van der Waals surface area contributed by atoms with Crippen molar-refractivity contribution in [2.45, 2.75) is 56.7 Å². The van der Waals surface area contributed by atoms with Crippen LogP contribution >= 0.6 is 0 Å². The SMILES string of the molecule is CC1=C[C@H](N)C[C@H](c2ccncc2Cc2ncc3ccc(-c4c(F)cc(C5(F)CCOCC5)cc4F)nn23)C1. The van der Waals surface area contributed by atoms with E-state index in [0.717, 1.165) is 30.5 Å². The van der Waals surface area contributed by atoms with Gasteiger partial charge in [0.25, 0.3) is 0 Å². The van der Waals surface area contributed by atoms with Crippen LogP contribution in [0.2, 0.25) is 0 Å². The number of hydrogen-bond donors (Lipinski definition) is 1. The molecule has 0 spiro atoms. The second-order valence-corrected chi connectivity index (χ2v) is 10.7. The highest BCUT2D eigenvalue weighted by atomic mass is 19.1. The summed E-state index contributed by atoms with van der Waals surface area (Å²) in [4.78, 5) is 8.90. The van der Waals surface area contributed by atoms with Crippen LogP contribution in [0.15, 0.2) is 60.6 Å². The van der Waals surface area contributed by atoms with Crippen LogP contribution < -0.4 is 5.73 Å². The lowest BCUT2D eigenvalue weighted by Crippen LogP contribution is -2.29. The summed E-state index contributed by atoms with van der Waals surface area (Å²) in [7, 11) is 0. The number of alkyl halides is 1. The normalized spacial score (nSPS) is 21.2. The van der Waals surface area contributed by atoms with Crippen molar-refractivity contribution in [1.82, 2.24) is 19.6 Å². The minimum Gasteiger partial charge on any atom is -0.381 e. The lowest BCUT2D eigenvalue weighted by molar-refractivity contribution is -0.0117. The third-order valence-electron chi connectivity index (χ3n) is 7.91. The molecule has 6 nitrogen and oxygen atoms in total. The van der Waals surface area contributed by atoms with Gasteiger partial charge in [0.15, 0.2) is 0 Å². The number of aromatic nitrogens is 4. The van der Waals surface area contributed by atoms with E-state index in [1.165, 1.54) is 11.1 Å². The van der Waals surface area contributed by atoms with Crippen LogP contribution in [0.5, 0.6) is 0 Å². The van der Waals surface area contributed by atoms with Crippen molar-refractivity contribution in [3.8, 4) is 11.3 Å². The molecule has 0 unspecified atom stereocenters. The van der Waals surface area contributed by atoms with Crippen molar-refractivity contribution in [3.63, 3.8) is 0 Å². The monoisotopic (exact) mass is 533 g/mol. The summed E-state index contributed by atoms with van der Waals surface area (Å²) in [5.41, 5.74) is 8.39. The highest BCUT2D eigenvalue weighted by molar-refractivity contribution is 5.63. The zero-order chi connectivity index (χ0) is 27.1. The summed E-state index contributed by atoms with van der Waals surface area (Å²) in [6.07, 6.45) is 9.76. The molecular formula is C30H30F3N5O. The number of hydrogen-bond acceptors (Lipinski definition) is 5. The fraction of sp³-hybridized carbons (Fsp3) is 0.367. The Balaban J connectivity index is 1.34. The average molecular weight is 534 g/mol. The van der Waals surface area contributed by atoms with Crippen LogP contribution in [-0.2, 0) is 16.8 Å². The number of ether oxygens (including phenoxy) is 1. The standard InChI is InChI=1S/C30H30F3N5O/c1-18-10-19(12-22(34)11-18)24-4-7-35-16-20(24)13-28-36-17-23-2-3-27(37-38(23)28)29-25(31)14-21(15-26(29)32)30(33)5-8-39-9-6-30/h2-4,7,11,14-17,19,22H,5-6,8-10,12-13,34H2,1H3/t19-,22+/m1/s1. The first kappa shape index (κ1) is 25.7. The molecule has 4 aromatic rings. The molecule has 202 valence electrons. The van der Waals surface area contributed by atoms with Crippen LogP contribution in [-0.4, -0.2) is 38.8 Å². The number of rotatable bonds is 5. The third-order valence-corrected chi connectivity index (χ3v) is 7.91. The Bertz CT molecular complexity index is 1540. The Kier molecular flexibility index (Phi) is 6.72. The van der Waals surface area contributed by atoms with Crippen LogP contribution in [0.4, 0.5) is 13.2 Å². The van der Waals surface area contributed by atoms with E-state index in [4.69, 9.17) is 10.5 Å². The molecule has 1 aliphatic carbocycles. The van der Waals surface area contributed by atoms with Crippen LogP contribution in [0, 0.1) is 11.6 Å². The van der Waals surface area contributed by atoms with Gasteiger partial charge in [0.05, 0.1) is 23.0 Å². The maximum absolute atomic E-state index is 15.4. The fourth-order valence-electron chi connectivity index (χ4n) is 5.94. The first-order chi connectivity index (χ1) is 18.8. The number of allylic oxidation sites excluding steroid dienone is 1. The van der Waals surface area contributed by atoms with Gasteiger partial charge in [0.2, 0.25) is 0 Å². The summed E-state index contributed by atoms with van der Waals surface area (Å²) >= 11 is 0. The van der Waals surface area contributed by atoms with Crippen LogP contribution in [0.3, 0.4) is 0 Å². The summed E-state index contributed by atoms with van der Waals surface area (Å²) in [6, 6.07) is 7.48. The summed E-state index contributed by atoms with van der Waals surface area (Å²) in [5, 5.41) is 4.56. The largest absolute Gasteiger partial charge is 0.381 e. The topological polar surface area (TPSA) is 78.3 Å². The second kappa shape index (κ2) is 10.2. The van der Waals surface area contributed by atoms with Gasteiger partial charge in [0, 0.05) is 50.9 Å². The molecule has 1 aliphatic heterocycles. The quantitative estimate of drug-likeness (QED) is 0.329. The van der Waals surface area contributed by atoms with Crippen molar-refractivity contribution in [2.75, 3.05) is 13.2 Å². The van der Waals surface area contributed by atoms with E-state index in [2.05, 4.69) is 28.1 Å². The van der Waals surface area contributed by atoms with Crippen molar-refractivity contribution >= 4 is 5.52 Å². The van der Waals surface area contributed by atoms with E-state index < -0.39 is 17.3 Å². The van der Waals surface area contributed by atoms with E-state index in [1.54, 1.807) is 29.0 Å². The molecule has 39 heavy (non-hydrogen) atoms.